The van der Waals surface area contributed by atoms with Crippen LogP contribution in [-0.4, -0.2) is 60.8 Å². The van der Waals surface area contributed by atoms with Crippen LogP contribution in [-0.2, 0) is 0 Å². The minimum atomic E-state index is -0.273. The van der Waals surface area contributed by atoms with Crippen LogP contribution in [0.4, 0.5) is 11.8 Å². The summed E-state index contributed by atoms with van der Waals surface area (Å²) in [4.78, 5) is 20.1. The van der Waals surface area contributed by atoms with Gasteiger partial charge < -0.3 is 15.5 Å². The van der Waals surface area contributed by atoms with E-state index in [9.17, 15) is 10.2 Å². The van der Waals surface area contributed by atoms with Crippen molar-refractivity contribution in [2.24, 2.45) is 0 Å². The van der Waals surface area contributed by atoms with Crippen LogP contribution in [0.25, 0.3) is 0 Å². The molecule has 0 aromatic carbocycles. The highest BCUT2D eigenvalue weighted by molar-refractivity contribution is 5.49. The smallest absolute Gasteiger partial charge is 0.228 e. The van der Waals surface area contributed by atoms with Gasteiger partial charge in [-0.25, -0.2) is 19.9 Å². The second kappa shape index (κ2) is 8.69. The van der Waals surface area contributed by atoms with Gasteiger partial charge in [0.1, 0.15) is 11.6 Å². The average Bonchev–Trinajstić information content (AvgIpc) is 2.62. The van der Waals surface area contributed by atoms with E-state index in [2.05, 4.69) is 30.2 Å². The summed E-state index contributed by atoms with van der Waals surface area (Å²) in [5.41, 5.74) is 2.67. The molecule has 3 heterocycles. The molecule has 3 rings (SSSR count). The van der Waals surface area contributed by atoms with Crippen LogP contribution in [0, 0.1) is 20.8 Å². The molecule has 0 amide bonds. The van der Waals surface area contributed by atoms with Crippen molar-refractivity contribution in [1.82, 2.24) is 24.8 Å². The quantitative estimate of drug-likeness (QED) is 0.705. The normalized spacial score (nSPS) is 18.1. The summed E-state index contributed by atoms with van der Waals surface area (Å²) in [6.07, 6.45) is 3.09. The van der Waals surface area contributed by atoms with Gasteiger partial charge >= 0.3 is 0 Å². The molecule has 146 valence electrons. The van der Waals surface area contributed by atoms with Gasteiger partial charge in [-0.1, -0.05) is 6.42 Å². The summed E-state index contributed by atoms with van der Waals surface area (Å²) in [7, 11) is 0. The van der Waals surface area contributed by atoms with Crippen LogP contribution >= 0.6 is 0 Å². The third-order valence-corrected chi connectivity index (χ3v) is 4.86. The summed E-state index contributed by atoms with van der Waals surface area (Å²) in [6.45, 7) is 6.42. The summed E-state index contributed by atoms with van der Waals surface area (Å²) in [5.74, 6) is 1.83. The van der Waals surface area contributed by atoms with Crippen molar-refractivity contribution in [2.45, 2.75) is 52.1 Å². The van der Waals surface area contributed by atoms with E-state index in [-0.39, 0.29) is 25.3 Å². The summed E-state index contributed by atoms with van der Waals surface area (Å²) >= 11 is 0. The Balaban J connectivity index is 1.89. The number of nitrogens with one attached hydrogen (secondary N) is 1. The van der Waals surface area contributed by atoms with Gasteiger partial charge in [0.2, 0.25) is 5.95 Å². The number of nitrogens with zero attached hydrogens (tertiary/aromatic N) is 5. The predicted octanol–water partition coefficient (Wildman–Crippen LogP) is 1.82. The molecular formula is C19H28N6O2. The second-order valence-corrected chi connectivity index (χ2v) is 7.09. The number of aryl methyl sites for hydroxylation is 3. The molecule has 8 nitrogen and oxygen atoms in total. The van der Waals surface area contributed by atoms with E-state index in [1.165, 1.54) is 0 Å². The van der Waals surface area contributed by atoms with Crippen LogP contribution in [0.5, 0.6) is 0 Å². The molecule has 0 radical (unpaired) electrons. The van der Waals surface area contributed by atoms with Gasteiger partial charge in [0.05, 0.1) is 31.0 Å². The van der Waals surface area contributed by atoms with Crippen LogP contribution in [0.2, 0.25) is 0 Å². The molecule has 3 N–H and O–H groups in total. The number of aromatic nitrogens is 4. The van der Waals surface area contributed by atoms with Crippen molar-refractivity contribution in [1.29, 1.82) is 0 Å². The van der Waals surface area contributed by atoms with E-state index >= 15 is 0 Å². The van der Waals surface area contributed by atoms with E-state index in [0.29, 0.717) is 17.6 Å². The molecule has 1 saturated heterocycles. The Morgan fingerprint density at radius 2 is 1.74 bits per heavy atom. The van der Waals surface area contributed by atoms with Crippen molar-refractivity contribution in [3.8, 4) is 0 Å². The fourth-order valence-corrected chi connectivity index (χ4v) is 3.70. The maximum Gasteiger partial charge on any atom is 0.228 e. The minimum Gasteiger partial charge on any atom is -0.395 e. The van der Waals surface area contributed by atoms with Gasteiger partial charge in [-0.05, 0) is 46.2 Å². The standard InChI is InChI=1S/C19H28N6O2/c1-12-8-13(2)21-19(20-12)24-18-9-16(22-14(3)23-18)17-6-4-5-7-25(17)15(10-26)11-27/h8-9,15,17,26-27H,4-7,10-11H2,1-3H3,(H,20,21,22,23,24). The topological polar surface area (TPSA) is 107 Å². The zero-order valence-corrected chi connectivity index (χ0v) is 16.2. The van der Waals surface area contributed by atoms with Gasteiger partial charge in [-0.3, -0.25) is 4.90 Å². The van der Waals surface area contributed by atoms with Crippen LogP contribution < -0.4 is 5.32 Å². The highest BCUT2D eigenvalue weighted by Crippen LogP contribution is 2.32. The zero-order chi connectivity index (χ0) is 19.4. The number of rotatable bonds is 6. The Bertz CT molecular complexity index is 761. The van der Waals surface area contributed by atoms with Crippen molar-refractivity contribution < 1.29 is 10.2 Å². The first-order valence-electron chi connectivity index (χ1n) is 9.42. The fraction of sp³-hybridized carbons (Fsp3) is 0.579. The maximum absolute atomic E-state index is 9.64. The Morgan fingerprint density at radius 3 is 2.41 bits per heavy atom. The zero-order valence-electron chi connectivity index (χ0n) is 16.2. The largest absolute Gasteiger partial charge is 0.395 e. The number of aliphatic hydroxyl groups excluding tert-OH is 2. The number of anilines is 2. The van der Waals surface area contributed by atoms with Crippen molar-refractivity contribution in [3.63, 3.8) is 0 Å². The van der Waals surface area contributed by atoms with Gasteiger partial charge in [-0.15, -0.1) is 0 Å². The maximum atomic E-state index is 9.64. The molecule has 0 spiro atoms. The first-order chi connectivity index (χ1) is 13.0. The number of aliphatic hydroxyl groups is 2. The fourth-order valence-electron chi connectivity index (χ4n) is 3.70. The van der Waals surface area contributed by atoms with E-state index in [0.717, 1.165) is 42.9 Å². The SMILES string of the molecule is Cc1cc(C)nc(Nc2cc(C3CCCCN3C(CO)CO)nc(C)n2)n1. The van der Waals surface area contributed by atoms with E-state index < -0.39 is 0 Å². The third-order valence-electron chi connectivity index (χ3n) is 4.86. The van der Waals surface area contributed by atoms with Crippen LogP contribution in [0.1, 0.15) is 48.2 Å². The molecule has 1 unspecified atom stereocenters. The first-order valence-corrected chi connectivity index (χ1v) is 9.42. The molecule has 1 aliphatic heterocycles. The molecule has 1 aliphatic rings. The second-order valence-electron chi connectivity index (χ2n) is 7.09. The molecule has 1 atom stereocenters. The molecule has 0 aliphatic carbocycles. The minimum absolute atomic E-state index is 0.0467. The summed E-state index contributed by atoms with van der Waals surface area (Å²) in [5, 5.41) is 22.5. The number of likely N-dealkylation sites (tertiary alicyclic amines) is 1. The van der Waals surface area contributed by atoms with Gasteiger partial charge in [-0.2, -0.15) is 0 Å². The van der Waals surface area contributed by atoms with Crippen molar-refractivity contribution in [2.75, 3.05) is 25.1 Å². The lowest BCUT2D eigenvalue weighted by Crippen LogP contribution is -2.45. The average molecular weight is 372 g/mol. The molecule has 8 heteroatoms. The van der Waals surface area contributed by atoms with E-state index in [4.69, 9.17) is 0 Å². The summed E-state index contributed by atoms with van der Waals surface area (Å²) < 4.78 is 0. The molecule has 0 saturated carbocycles. The first kappa shape index (κ1) is 19.6. The van der Waals surface area contributed by atoms with Crippen molar-refractivity contribution in [3.05, 3.63) is 35.0 Å². The molecular weight excluding hydrogens is 344 g/mol. The molecule has 1 fully saturated rings. The summed E-state index contributed by atoms with van der Waals surface area (Å²) in [6, 6.07) is 3.62. The molecule has 2 aromatic heterocycles. The van der Waals surface area contributed by atoms with Crippen LogP contribution in [0.15, 0.2) is 12.1 Å². The predicted molar refractivity (Wildman–Crippen MR) is 103 cm³/mol. The van der Waals surface area contributed by atoms with E-state index in [1.54, 1.807) is 0 Å². The Morgan fingerprint density at radius 1 is 1.04 bits per heavy atom. The number of hydrogen-bond acceptors (Lipinski definition) is 8. The lowest BCUT2D eigenvalue weighted by molar-refractivity contribution is 0.0228. The van der Waals surface area contributed by atoms with Gasteiger partial charge in [0.15, 0.2) is 0 Å². The molecule has 27 heavy (non-hydrogen) atoms. The number of hydrogen-bond donors (Lipinski definition) is 3. The Hall–Kier alpha value is -2.16. The Labute approximate surface area is 159 Å². The van der Waals surface area contributed by atoms with Crippen LogP contribution in [0.3, 0.4) is 0 Å². The van der Waals surface area contributed by atoms with Crippen molar-refractivity contribution >= 4 is 11.8 Å². The monoisotopic (exact) mass is 372 g/mol. The van der Waals surface area contributed by atoms with Gasteiger partial charge in [0.25, 0.3) is 0 Å². The molecule has 2 aromatic rings. The third kappa shape index (κ3) is 4.77. The lowest BCUT2D eigenvalue weighted by Gasteiger charge is -2.39. The highest BCUT2D eigenvalue weighted by atomic mass is 16.3. The molecule has 0 bridgehead atoms. The van der Waals surface area contributed by atoms with E-state index in [1.807, 2.05) is 32.9 Å². The number of piperidine rings is 1. The lowest BCUT2D eigenvalue weighted by atomic mass is 9.97. The highest BCUT2D eigenvalue weighted by Gasteiger charge is 2.30. The Kier molecular flexibility index (Phi) is 6.30. The van der Waals surface area contributed by atoms with Gasteiger partial charge in [0, 0.05) is 17.5 Å².